The van der Waals surface area contributed by atoms with Gasteiger partial charge in [-0.25, -0.2) is 4.98 Å². The average Bonchev–Trinajstić information content (AvgIpc) is 2.18. The molecular formula is C10H10BrN3O. The third-order valence-electron chi connectivity index (χ3n) is 1.72. The molecule has 0 aromatic carbocycles. The summed E-state index contributed by atoms with van der Waals surface area (Å²) >= 11 is 3.18. The monoisotopic (exact) mass is 267 g/mol. The Kier molecular flexibility index (Phi) is 4.25. The molecule has 1 rings (SSSR count). The van der Waals surface area contributed by atoms with Gasteiger partial charge in [-0.1, -0.05) is 6.07 Å². The molecule has 5 heteroatoms. The molecule has 0 aliphatic heterocycles. The van der Waals surface area contributed by atoms with Crippen molar-refractivity contribution in [2.24, 2.45) is 0 Å². The van der Waals surface area contributed by atoms with E-state index >= 15 is 0 Å². The zero-order valence-corrected chi connectivity index (χ0v) is 9.78. The number of nitrogens with one attached hydrogen (secondary N) is 1. The quantitative estimate of drug-likeness (QED) is 0.851. The molecule has 1 amide bonds. The van der Waals surface area contributed by atoms with Crippen LogP contribution in [-0.4, -0.2) is 16.9 Å². The van der Waals surface area contributed by atoms with E-state index in [9.17, 15) is 4.79 Å². The molecule has 0 spiro atoms. The summed E-state index contributed by atoms with van der Waals surface area (Å²) < 4.78 is 0.614. The van der Waals surface area contributed by atoms with Crippen LogP contribution in [0.25, 0.3) is 0 Å². The van der Waals surface area contributed by atoms with E-state index in [4.69, 9.17) is 5.26 Å². The Morgan fingerprint density at radius 2 is 2.47 bits per heavy atom. The Hall–Kier alpha value is -1.41. The first-order chi connectivity index (χ1) is 7.13. The van der Waals surface area contributed by atoms with Gasteiger partial charge in [0, 0.05) is 6.04 Å². The van der Waals surface area contributed by atoms with Crippen LogP contribution in [-0.2, 0) is 0 Å². The summed E-state index contributed by atoms with van der Waals surface area (Å²) in [7, 11) is 0. The highest BCUT2D eigenvalue weighted by atomic mass is 79.9. The van der Waals surface area contributed by atoms with Crippen molar-refractivity contribution in [3.05, 3.63) is 28.5 Å². The molecule has 0 saturated heterocycles. The summed E-state index contributed by atoms with van der Waals surface area (Å²) in [5, 5.41) is 11.1. The first-order valence-corrected chi connectivity index (χ1v) is 5.23. The number of carbonyl (C=O) groups is 1. The largest absolute Gasteiger partial charge is 0.347 e. The van der Waals surface area contributed by atoms with E-state index in [1.165, 1.54) is 0 Å². The molecule has 1 atom stereocenters. The van der Waals surface area contributed by atoms with Gasteiger partial charge in [-0.05, 0) is 35.0 Å². The predicted octanol–water partition coefficient (Wildman–Crippen LogP) is 1.88. The van der Waals surface area contributed by atoms with Gasteiger partial charge in [0.2, 0.25) is 0 Å². The predicted molar refractivity (Wildman–Crippen MR) is 59.1 cm³/mol. The topological polar surface area (TPSA) is 65.8 Å². The average molecular weight is 268 g/mol. The van der Waals surface area contributed by atoms with Crippen LogP contribution in [0.5, 0.6) is 0 Å². The van der Waals surface area contributed by atoms with Gasteiger partial charge in [0.25, 0.3) is 5.91 Å². The molecule has 1 aromatic heterocycles. The van der Waals surface area contributed by atoms with Gasteiger partial charge in [0.15, 0.2) is 0 Å². The van der Waals surface area contributed by atoms with Crippen molar-refractivity contribution in [2.75, 3.05) is 0 Å². The number of hydrogen-bond acceptors (Lipinski definition) is 3. The van der Waals surface area contributed by atoms with E-state index in [1.807, 2.05) is 6.07 Å². The third kappa shape index (κ3) is 3.68. The Morgan fingerprint density at radius 1 is 1.73 bits per heavy atom. The lowest BCUT2D eigenvalue weighted by Crippen LogP contribution is -2.32. The summed E-state index contributed by atoms with van der Waals surface area (Å²) in [5.74, 6) is -0.265. The lowest BCUT2D eigenvalue weighted by molar-refractivity contribution is 0.0935. The minimum absolute atomic E-state index is 0.164. The van der Waals surface area contributed by atoms with Crippen LogP contribution in [0.4, 0.5) is 0 Å². The maximum atomic E-state index is 11.6. The van der Waals surface area contributed by atoms with Crippen molar-refractivity contribution in [1.29, 1.82) is 5.26 Å². The standard InChI is InChI=1S/C10H10BrN3O/c1-7(5-6-12)13-10(15)8-3-2-4-9(11)14-8/h2-4,7H,5H2,1H3,(H,13,15). The molecule has 1 aromatic rings. The zero-order valence-electron chi connectivity index (χ0n) is 8.20. The van der Waals surface area contributed by atoms with Crippen LogP contribution < -0.4 is 5.32 Å². The Labute approximate surface area is 96.4 Å². The van der Waals surface area contributed by atoms with E-state index in [0.717, 1.165) is 0 Å². The van der Waals surface area contributed by atoms with Crippen LogP contribution >= 0.6 is 15.9 Å². The lowest BCUT2D eigenvalue weighted by atomic mass is 10.2. The van der Waals surface area contributed by atoms with Crippen molar-refractivity contribution in [1.82, 2.24) is 10.3 Å². The van der Waals surface area contributed by atoms with E-state index in [0.29, 0.717) is 16.7 Å². The molecule has 1 heterocycles. The molecule has 78 valence electrons. The van der Waals surface area contributed by atoms with Crippen molar-refractivity contribution in [2.45, 2.75) is 19.4 Å². The summed E-state index contributed by atoms with van der Waals surface area (Å²) in [4.78, 5) is 15.6. The number of pyridine rings is 1. The minimum atomic E-state index is -0.265. The number of nitrogens with zero attached hydrogens (tertiary/aromatic N) is 2. The van der Waals surface area contributed by atoms with Gasteiger partial charge in [0.1, 0.15) is 10.3 Å². The number of hydrogen-bond donors (Lipinski definition) is 1. The second kappa shape index (κ2) is 5.47. The van der Waals surface area contributed by atoms with E-state index in [1.54, 1.807) is 25.1 Å². The van der Waals surface area contributed by atoms with Crippen LogP contribution in [0.15, 0.2) is 22.8 Å². The van der Waals surface area contributed by atoms with Gasteiger partial charge in [-0.2, -0.15) is 5.26 Å². The first kappa shape index (κ1) is 11.7. The van der Waals surface area contributed by atoms with E-state index in [2.05, 4.69) is 26.2 Å². The number of amides is 1. The Balaban J connectivity index is 2.66. The SMILES string of the molecule is CC(CC#N)NC(=O)c1cccc(Br)n1. The Bertz CT molecular complexity index is 400. The maximum Gasteiger partial charge on any atom is 0.270 e. The minimum Gasteiger partial charge on any atom is -0.347 e. The van der Waals surface area contributed by atoms with Crippen molar-refractivity contribution in [3.8, 4) is 6.07 Å². The Morgan fingerprint density at radius 3 is 3.07 bits per heavy atom. The fraction of sp³-hybridized carbons (Fsp3) is 0.300. The van der Waals surface area contributed by atoms with E-state index < -0.39 is 0 Å². The molecule has 0 radical (unpaired) electrons. The highest BCUT2D eigenvalue weighted by Crippen LogP contribution is 2.06. The molecule has 0 saturated carbocycles. The van der Waals surface area contributed by atoms with Crippen molar-refractivity contribution in [3.63, 3.8) is 0 Å². The molecule has 1 unspecified atom stereocenters. The number of rotatable bonds is 3. The molecule has 0 fully saturated rings. The number of halogens is 1. The normalized spacial score (nSPS) is 11.5. The van der Waals surface area contributed by atoms with Crippen LogP contribution in [0.2, 0.25) is 0 Å². The fourth-order valence-electron chi connectivity index (χ4n) is 1.02. The van der Waals surface area contributed by atoms with Crippen LogP contribution in [0, 0.1) is 11.3 Å². The molecule has 1 N–H and O–H groups in total. The van der Waals surface area contributed by atoms with Crippen LogP contribution in [0.1, 0.15) is 23.8 Å². The lowest BCUT2D eigenvalue weighted by Gasteiger charge is -2.09. The van der Waals surface area contributed by atoms with Gasteiger partial charge < -0.3 is 5.32 Å². The number of carbonyl (C=O) groups excluding carboxylic acids is 1. The molecule has 0 bridgehead atoms. The summed E-state index contributed by atoms with van der Waals surface area (Å²) in [5.41, 5.74) is 0.342. The molecule has 15 heavy (non-hydrogen) atoms. The summed E-state index contributed by atoms with van der Waals surface area (Å²) in [6.07, 6.45) is 0.291. The number of nitriles is 1. The number of aromatic nitrogens is 1. The molecule has 4 nitrogen and oxygen atoms in total. The maximum absolute atomic E-state index is 11.6. The molecule has 0 aliphatic rings. The summed E-state index contributed by atoms with van der Waals surface area (Å²) in [6.45, 7) is 1.78. The van der Waals surface area contributed by atoms with Gasteiger partial charge in [-0.3, -0.25) is 4.79 Å². The van der Waals surface area contributed by atoms with Gasteiger partial charge >= 0.3 is 0 Å². The molecular weight excluding hydrogens is 258 g/mol. The van der Waals surface area contributed by atoms with Gasteiger partial charge in [0.05, 0.1) is 12.5 Å². The highest BCUT2D eigenvalue weighted by molar-refractivity contribution is 9.10. The van der Waals surface area contributed by atoms with E-state index in [-0.39, 0.29) is 11.9 Å². The molecule has 0 aliphatic carbocycles. The zero-order chi connectivity index (χ0) is 11.3. The first-order valence-electron chi connectivity index (χ1n) is 4.44. The highest BCUT2D eigenvalue weighted by Gasteiger charge is 2.10. The third-order valence-corrected chi connectivity index (χ3v) is 2.16. The smallest absolute Gasteiger partial charge is 0.270 e. The van der Waals surface area contributed by atoms with Gasteiger partial charge in [-0.15, -0.1) is 0 Å². The van der Waals surface area contributed by atoms with Crippen molar-refractivity contribution >= 4 is 21.8 Å². The second-order valence-corrected chi connectivity index (χ2v) is 3.89. The second-order valence-electron chi connectivity index (χ2n) is 3.08. The summed E-state index contributed by atoms with van der Waals surface area (Å²) in [6, 6.07) is 6.93. The van der Waals surface area contributed by atoms with Crippen LogP contribution in [0.3, 0.4) is 0 Å². The fourth-order valence-corrected chi connectivity index (χ4v) is 1.36. The van der Waals surface area contributed by atoms with Crippen molar-refractivity contribution < 1.29 is 4.79 Å².